The van der Waals surface area contributed by atoms with Crippen molar-refractivity contribution in [3.05, 3.63) is 12.3 Å². The van der Waals surface area contributed by atoms with Crippen LogP contribution in [0.1, 0.15) is 13.8 Å². The highest BCUT2D eigenvalue weighted by Crippen LogP contribution is 1.69. The average molecular weight is 143 g/mol. The summed E-state index contributed by atoms with van der Waals surface area (Å²) in [6.45, 7) is 4.00. The van der Waals surface area contributed by atoms with Crippen LogP contribution in [-0.4, -0.2) is 11.9 Å². The second-order valence-electron chi connectivity index (χ2n) is 1.38. The van der Waals surface area contributed by atoms with Gasteiger partial charge in [0.1, 0.15) is 6.20 Å². The molecule has 0 unspecified atom stereocenters. The van der Waals surface area contributed by atoms with E-state index in [4.69, 9.17) is 0 Å². The smallest absolute Gasteiger partial charge is 0.269 e. The van der Waals surface area contributed by atoms with Crippen LogP contribution in [0.2, 0.25) is 0 Å². The number of urea groups is 1. The first-order valence-electron chi connectivity index (χ1n) is 3.15. The lowest BCUT2D eigenvalue weighted by Gasteiger charge is -1.97. The number of hydrogen-bond donors (Lipinski definition) is 2. The summed E-state index contributed by atoms with van der Waals surface area (Å²) in [4.78, 5) is 20.5. The molecular weight excluding hydrogens is 132 g/mol. The number of carbonyl (C=O) groups excluding carboxylic acids is 2. The summed E-state index contributed by atoms with van der Waals surface area (Å²) in [5.74, 6) is -0.350. The third-order valence-electron chi connectivity index (χ3n) is 0.742. The molecule has 1 aliphatic heterocycles. The fraction of sp³-hybridized carbons (Fsp3) is 0.333. The molecule has 3 N–H and O–H groups in total. The van der Waals surface area contributed by atoms with Crippen molar-refractivity contribution in [1.29, 1.82) is 0 Å². The van der Waals surface area contributed by atoms with Crippen molar-refractivity contribution < 1.29 is 14.9 Å². The van der Waals surface area contributed by atoms with E-state index in [-0.39, 0.29) is 11.9 Å². The molecule has 1 rings (SSSR count). The Morgan fingerprint density at radius 1 is 1.40 bits per heavy atom. The standard InChI is InChI=1S/C4H4N2O2.C2H6/c7-3-1-2-5-4(8)6-3;1-2/h1-2H,(H2,5,6,7,8);1-2H3/p+1. The van der Waals surface area contributed by atoms with Gasteiger partial charge >= 0.3 is 6.03 Å². The van der Waals surface area contributed by atoms with Crippen molar-refractivity contribution in [3.63, 3.8) is 0 Å². The lowest BCUT2D eigenvalue weighted by molar-refractivity contribution is -0.482. The van der Waals surface area contributed by atoms with E-state index in [1.165, 1.54) is 17.6 Å². The normalized spacial score (nSPS) is 15.4. The zero-order valence-corrected chi connectivity index (χ0v) is 6.05. The van der Waals surface area contributed by atoms with Crippen molar-refractivity contribution in [2.45, 2.75) is 13.8 Å². The van der Waals surface area contributed by atoms with Crippen LogP contribution in [0.25, 0.3) is 0 Å². The second-order valence-corrected chi connectivity index (χ2v) is 1.38. The number of quaternary nitrogens is 1. The zero-order chi connectivity index (χ0) is 7.98. The fourth-order valence-corrected chi connectivity index (χ4v) is 0.428. The maximum atomic E-state index is 10.2. The molecule has 0 radical (unpaired) electrons. The maximum absolute atomic E-state index is 10.2. The first-order chi connectivity index (χ1) is 4.79. The van der Waals surface area contributed by atoms with Crippen LogP contribution in [-0.2, 0) is 4.79 Å². The average Bonchev–Trinajstić information content (AvgIpc) is 1.91. The van der Waals surface area contributed by atoms with Gasteiger partial charge in [0.25, 0.3) is 5.91 Å². The highest BCUT2D eigenvalue weighted by molar-refractivity contribution is 5.98. The summed E-state index contributed by atoms with van der Waals surface area (Å²) in [7, 11) is 0. The molecule has 4 nitrogen and oxygen atoms in total. The zero-order valence-electron chi connectivity index (χ0n) is 6.05. The molecule has 0 aromatic rings. The number of hydrogen-bond acceptors (Lipinski definition) is 2. The van der Waals surface area contributed by atoms with Crippen molar-refractivity contribution in [2.24, 2.45) is 0 Å². The van der Waals surface area contributed by atoms with Crippen LogP contribution in [0.3, 0.4) is 0 Å². The van der Waals surface area contributed by atoms with E-state index in [0.29, 0.717) is 0 Å². The van der Waals surface area contributed by atoms with E-state index in [0.717, 1.165) is 0 Å². The van der Waals surface area contributed by atoms with Crippen LogP contribution >= 0.6 is 0 Å². The number of primary amides is 1. The largest absolute Gasteiger partial charge is 0.424 e. The summed E-state index contributed by atoms with van der Waals surface area (Å²) in [5, 5.41) is 3.35. The Morgan fingerprint density at radius 2 is 2.00 bits per heavy atom. The highest BCUT2D eigenvalue weighted by Gasteiger charge is 2.10. The highest BCUT2D eigenvalue weighted by atomic mass is 16.2. The third kappa shape index (κ3) is 2.99. The Bertz CT molecular complexity index is 163. The fourth-order valence-electron chi connectivity index (χ4n) is 0.428. The van der Waals surface area contributed by atoms with Gasteiger partial charge in [-0.15, -0.1) is 0 Å². The number of carbonyl (C=O) groups is 2. The van der Waals surface area contributed by atoms with Crippen molar-refractivity contribution >= 4 is 11.9 Å². The number of amides is 3. The van der Waals surface area contributed by atoms with Crippen molar-refractivity contribution in [3.8, 4) is 0 Å². The molecule has 0 spiro atoms. The van der Waals surface area contributed by atoms with E-state index in [2.05, 4.69) is 5.32 Å². The summed E-state index contributed by atoms with van der Waals surface area (Å²) in [6.07, 6.45) is 2.71. The first kappa shape index (κ1) is 8.84. The van der Waals surface area contributed by atoms with Crippen LogP contribution < -0.4 is 10.6 Å². The molecule has 0 aromatic carbocycles. The summed E-state index contributed by atoms with van der Waals surface area (Å²) in [6, 6.07) is -0.350. The van der Waals surface area contributed by atoms with Crippen LogP contribution in [0.15, 0.2) is 12.3 Å². The second kappa shape index (κ2) is 4.69. The molecule has 0 saturated carbocycles. The molecule has 4 heteroatoms. The van der Waals surface area contributed by atoms with Gasteiger partial charge in [0, 0.05) is 0 Å². The molecule has 0 aliphatic carbocycles. The Hall–Kier alpha value is -1.16. The molecule has 0 saturated heterocycles. The van der Waals surface area contributed by atoms with E-state index in [1.54, 1.807) is 0 Å². The van der Waals surface area contributed by atoms with E-state index in [1.807, 2.05) is 13.8 Å². The Balaban J connectivity index is 0.000000371. The van der Waals surface area contributed by atoms with Crippen LogP contribution in [0.5, 0.6) is 0 Å². The summed E-state index contributed by atoms with van der Waals surface area (Å²) >= 11 is 0. The maximum Gasteiger partial charge on any atom is 0.424 e. The van der Waals surface area contributed by atoms with Gasteiger partial charge in [0.15, 0.2) is 0 Å². The van der Waals surface area contributed by atoms with Crippen LogP contribution in [0.4, 0.5) is 4.79 Å². The van der Waals surface area contributed by atoms with Gasteiger partial charge < -0.3 is 0 Å². The predicted molar refractivity (Wildman–Crippen MR) is 36.0 cm³/mol. The minimum Gasteiger partial charge on any atom is -0.269 e. The van der Waals surface area contributed by atoms with E-state index >= 15 is 0 Å². The molecular formula is C6H11N2O2+. The Morgan fingerprint density at radius 3 is 2.30 bits per heavy atom. The molecule has 0 bridgehead atoms. The molecule has 56 valence electrons. The minimum atomic E-state index is -0.350. The molecule has 1 heterocycles. The van der Waals surface area contributed by atoms with Gasteiger partial charge in [0.2, 0.25) is 0 Å². The van der Waals surface area contributed by atoms with Gasteiger partial charge in [-0.1, -0.05) is 13.8 Å². The van der Waals surface area contributed by atoms with Gasteiger partial charge in [-0.2, -0.15) is 0 Å². The molecule has 0 fully saturated rings. The lowest BCUT2D eigenvalue weighted by atomic mass is 10.5. The topological polar surface area (TPSA) is 62.8 Å². The number of nitrogens with two attached hydrogens (primary N) is 1. The lowest BCUT2D eigenvalue weighted by Crippen LogP contribution is -2.87. The van der Waals surface area contributed by atoms with Gasteiger partial charge in [0.05, 0.1) is 6.08 Å². The first-order valence-corrected chi connectivity index (χ1v) is 3.15. The Kier molecular flexibility index (Phi) is 4.15. The predicted octanol–water partition coefficient (Wildman–Crippen LogP) is -0.660. The number of rotatable bonds is 0. The monoisotopic (exact) mass is 143 g/mol. The van der Waals surface area contributed by atoms with Gasteiger partial charge in [-0.25, -0.2) is 15.4 Å². The summed E-state index contributed by atoms with van der Waals surface area (Å²) in [5.41, 5.74) is 0. The van der Waals surface area contributed by atoms with E-state index < -0.39 is 0 Å². The Labute approximate surface area is 59.3 Å². The van der Waals surface area contributed by atoms with Crippen molar-refractivity contribution in [2.75, 3.05) is 0 Å². The molecule has 0 atom stereocenters. The minimum absolute atomic E-state index is 0.350. The van der Waals surface area contributed by atoms with Crippen molar-refractivity contribution in [1.82, 2.24) is 5.32 Å². The number of imide groups is 1. The number of nitrogens with one attached hydrogen (secondary N) is 1. The molecule has 3 amide bonds. The quantitative estimate of drug-likeness (QED) is 0.473. The molecule has 1 aliphatic rings. The summed E-state index contributed by atoms with van der Waals surface area (Å²) < 4.78 is 0. The molecule has 0 aromatic heterocycles. The van der Waals surface area contributed by atoms with E-state index in [9.17, 15) is 9.59 Å². The van der Waals surface area contributed by atoms with Crippen LogP contribution in [0, 0.1) is 0 Å². The SMILES string of the molecule is CC.O=C1C=C[NH2+]C(=O)N1. The van der Waals surface area contributed by atoms with Gasteiger partial charge in [-0.3, -0.25) is 4.79 Å². The van der Waals surface area contributed by atoms with Gasteiger partial charge in [-0.05, 0) is 0 Å². The third-order valence-corrected chi connectivity index (χ3v) is 0.742. The molecule has 10 heavy (non-hydrogen) atoms.